The maximum atomic E-state index is 14.6. The van der Waals surface area contributed by atoms with Gasteiger partial charge in [0.1, 0.15) is 6.17 Å². The van der Waals surface area contributed by atoms with E-state index in [1.807, 2.05) is 34.7 Å². The number of carbonyl (C=O) groups is 2. The van der Waals surface area contributed by atoms with Crippen molar-refractivity contribution in [2.24, 2.45) is 7.05 Å². The fourth-order valence-corrected chi connectivity index (χ4v) is 6.49. The lowest BCUT2D eigenvalue weighted by atomic mass is 9.89. The summed E-state index contributed by atoms with van der Waals surface area (Å²) in [6.07, 6.45) is 1.31. The average molecular weight is 531 g/mol. The Kier molecular flexibility index (Phi) is 6.77. The molecule has 0 spiro atoms. The number of aromatic nitrogens is 1. The van der Waals surface area contributed by atoms with E-state index < -0.39 is 12.1 Å². The maximum absolute atomic E-state index is 14.6. The maximum Gasteiger partial charge on any atom is 0.337 e. The molecule has 7 nitrogen and oxygen atoms in total. The van der Waals surface area contributed by atoms with Crippen LogP contribution in [-0.4, -0.2) is 69.7 Å². The number of carboxylic acids is 1. The van der Waals surface area contributed by atoms with Gasteiger partial charge in [0, 0.05) is 68.3 Å². The second kappa shape index (κ2) is 10.2. The summed E-state index contributed by atoms with van der Waals surface area (Å²) >= 11 is 0. The summed E-state index contributed by atoms with van der Waals surface area (Å²) in [6.45, 7) is 5.60. The zero-order chi connectivity index (χ0) is 27.3. The van der Waals surface area contributed by atoms with Crippen LogP contribution in [-0.2, 0) is 33.0 Å². The van der Waals surface area contributed by atoms with Gasteiger partial charge in [-0.3, -0.25) is 9.69 Å². The number of hydrogen-bond acceptors (Lipinski definition) is 4. The normalized spacial score (nSPS) is 21.1. The number of aromatic carboxylic acids is 1. The molecule has 6 rings (SSSR count). The molecule has 0 unspecified atom stereocenters. The van der Waals surface area contributed by atoms with Crippen LogP contribution in [0.5, 0.6) is 0 Å². The lowest BCUT2D eigenvalue weighted by molar-refractivity contribution is 0.0591. The van der Waals surface area contributed by atoms with E-state index in [0.29, 0.717) is 50.4 Å². The Morgan fingerprint density at radius 3 is 2.59 bits per heavy atom. The van der Waals surface area contributed by atoms with Gasteiger partial charge in [-0.2, -0.15) is 0 Å². The van der Waals surface area contributed by atoms with Crippen LogP contribution in [0.2, 0.25) is 0 Å². The second-order valence-corrected chi connectivity index (χ2v) is 11.2. The Labute approximate surface area is 228 Å². The van der Waals surface area contributed by atoms with Crippen molar-refractivity contribution >= 4 is 11.9 Å². The van der Waals surface area contributed by atoms with Gasteiger partial charge in [0.25, 0.3) is 5.91 Å². The Morgan fingerprint density at radius 2 is 1.87 bits per heavy atom. The quantitative estimate of drug-likeness (QED) is 0.522. The van der Waals surface area contributed by atoms with E-state index in [2.05, 4.69) is 28.4 Å². The molecule has 1 fully saturated rings. The van der Waals surface area contributed by atoms with Gasteiger partial charge in [-0.05, 0) is 73.2 Å². The molecule has 0 saturated carbocycles. The van der Waals surface area contributed by atoms with E-state index >= 15 is 0 Å². The molecule has 3 aliphatic rings. The summed E-state index contributed by atoms with van der Waals surface area (Å²) in [5.41, 5.74) is 7.63. The molecule has 1 amide bonds. The first kappa shape index (κ1) is 25.8. The number of nitrogens with zero attached hydrogens (tertiary/aromatic N) is 3. The van der Waals surface area contributed by atoms with Gasteiger partial charge >= 0.3 is 5.97 Å². The molecule has 4 heterocycles. The van der Waals surface area contributed by atoms with Crippen LogP contribution >= 0.6 is 0 Å². The molecular weight excluding hydrogens is 495 g/mol. The lowest BCUT2D eigenvalue weighted by Gasteiger charge is -2.39. The van der Waals surface area contributed by atoms with E-state index in [1.165, 1.54) is 11.1 Å². The molecule has 0 bridgehead atoms. The van der Waals surface area contributed by atoms with E-state index in [1.54, 1.807) is 13.0 Å². The Bertz CT molecular complexity index is 1450. The summed E-state index contributed by atoms with van der Waals surface area (Å²) in [4.78, 5) is 30.6. The van der Waals surface area contributed by atoms with Crippen molar-refractivity contribution < 1.29 is 19.1 Å². The van der Waals surface area contributed by atoms with Gasteiger partial charge in [0.2, 0.25) is 0 Å². The number of rotatable bonds is 5. The van der Waals surface area contributed by atoms with Crippen LogP contribution in [0.1, 0.15) is 55.1 Å². The van der Waals surface area contributed by atoms with Crippen molar-refractivity contribution in [1.82, 2.24) is 19.7 Å². The smallest absolute Gasteiger partial charge is 0.337 e. The molecule has 0 aliphatic carbocycles. The van der Waals surface area contributed by atoms with Crippen molar-refractivity contribution in [2.75, 3.05) is 26.2 Å². The van der Waals surface area contributed by atoms with Crippen LogP contribution < -0.4 is 5.32 Å². The first-order valence-electron chi connectivity index (χ1n) is 13.8. The third-order valence-corrected chi connectivity index (χ3v) is 8.80. The zero-order valence-corrected chi connectivity index (χ0v) is 22.5. The van der Waals surface area contributed by atoms with Gasteiger partial charge in [-0.1, -0.05) is 24.3 Å². The second-order valence-electron chi connectivity index (χ2n) is 11.2. The van der Waals surface area contributed by atoms with Gasteiger partial charge in [0.15, 0.2) is 0 Å². The molecule has 0 radical (unpaired) electrons. The van der Waals surface area contributed by atoms with Crippen molar-refractivity contribution in [3.8, 4) is 11.3 Å². The fraction of sp³-hybridized carbons (Fsp3) is 0.419. The minimum absolute atomic E-state index is 0.0652. The topological polar surface area (TPSA) is 77.8 Å². The molecular formula is C31H35FN4O3. The molecule has 2 N–H and O–H groups in total. The minimum atomic E-state index is -0.978. The number of carboxylic acid groups (broad SMARTS) is 1. The molecule has 1 saturated heterocycles. The van der Waals surface area contributed by atoms with Crippen LogP contribution in [0.15, 0.2) is 42.5 Å². The zero-order valence-electron chi connectivity index (χ0n) is 22.5. The number of benzene rings is 2. The molecule has 39 heavy (non-hydrogen) atoms. The monoisotopic (exact) mass is 530 g/mol. The number of halogens is 1. The highest BCUT2D eigenvalue weighted by Gasteiger charge is 2.35. The van der Waals surface area contributed by atoms with Crippen LogP contribution in [0.3, 0.4) is 0 Å². The van der Waals surface area contributed by atoms with Crippen molar-refractivity contribution in [2.45, 2.75) is 51.5 Å². The number of carbonyl (C=O) groups excluding carboxylic acids is 1. The van der Waals surface area contributed by atoms with E-state index in [9.17, 15) is 19.1 Å². The third-order valence-electron chi connectivity index (χ3n) is 8.80. The first-order valence-corrected chi connectivity index (χ1v) is 13.8. The number of likely N-dealkylation sites (tertiary alicyclic amines) is 1. The molecule has 204 valence electrons. The number of nitrogens with one attached hydrogen (secondary N) is 1. The van der Waals surface area contributed by atoms with Crippen LogP contribution in [0, 0.1) is 6.92 Å². The highest BCUT2D eigenvalue weighted by molar-refractivity contribution is 6.02. The van der Waals surface area contributed by atoms with Gasteiger partial charge < -0.3 is 19.9 Å². The van der Waals surface area contributed by atoms with Gasteiger partial charge in [-0.15, -0.1) is 0 Å². The Balaban J connectivity index is 1.44. The predicted molar refractivity (Wildman–Crippen MR) is 148 cm³/mol. The first-order chi connectivity index (χ1) is 18.8. The van der Waals surface area contributed by atoms with Crippen molar-refractivity contribution in [3.05, 3.63) is 81.5 Å². The third kappa shape index (κ3) is 4.76. The van der Waals surface area contributed by atoms with E-state index in [0.717, 1.165) is 41.8 Å². The summed E-state index contributed by atoms with van der Waals surface area (Å²) in [7, 11) is 1.85. The van der Waals surface area contributed by atoms with Crippen LogP contribution in [0.4, 0.5) is 4.39 Å². The number of hydrogen-bond donors (Lipinski definition) is 2. The molecule has 3 aliphatic heterocycles. The van der Waals surface area contributed by atoms with Crippen molar-refractivity contribution in [3.63, 3.8) is 0 Å². The Morgan fingerprint density at radius 1 is 1.08 bits per heavy atom. The predicted octanol–water partition coefficient (Wildman–Crippen LogP) is 3.96. The van der Waals surface area contributed by atoms with Gasteiger partial charge in [0.05, 0.1) is 5.56 Å². The van der Waals surface area contributed by atoms with E-state index in [4.69, 9.17) is 0 Å². The summed E-state index contributed by atoms with van der Waals surface area (Å²) in [5.74, 6) is -1.04. The summed E-state index contributed by atoms with van der Waals surface area (Å²) in [6, 6.07) is 14.0. The SMILES string of the molecule is Cc1c(C(=O)O)cc(-c2cc3c(cc2C(=O)N2Cc4ccccc4C[C@H]2CN2CC[C@@H](F)C2)CNCC3)n1C. The highest BCUT2D eigenvalue weighted by Crippen LogP contribution is 2.34. The minimum Gasteiger partial charge on any atom is -0.478 e. The van der Waals surface area contributed by atoms with Gasteiger partial charge in [-0.25, -0.2) is 9.18 Å². The molecule has 1 aromatic heterocycles. The number of fused-ring (bicyclic) bond motifs is 2. The largest absolute Gasteiger partial charge is 0.478 e. The highest BCUT2D eigenvalue weighted by atomic mass is 19.1. The fourth-order valence-electron chi connectivity index (χ4n) is 6.49. The summed E-state index contributed by atoms with van der Waals surface area (Å²) < 4.78 is 15.9. The number of alkyl halides is 1. The average Bonchev–Trinajstić information content (AvgIpc) is 3.48. The lowest BCUT2D eigenvalue weighted by Crippen LogP contribution is -2.50. The van der Waals surface area contributed by atoms with E-state index in [-0.39, 0.29) is 17.5 Å². The molecule has 8 heteroatoms. The number of amides is 1. The Hall–Kier alpha value is -3.49. The van der Waals surface area contributed by atoms with Crippen molar-refractivity contribution in [1.29, 1.82) is 0 Å². The standard InChI is InChI=1S/C31H35FN4O3/c1-19-26(31(38)39)14-29(34(19)2)27-12-21-7-9-33-15-23(21)13-28(27)30(37)36-16-22-6-4-3-5-20(22)11-25(36)18-35-10-8-24(32)17-35/h3-6,12-14,24-25,33H,7-11,15-18H2,1-2H3,(H,38,39)/t24-,25+/m1/s1. The van der Waals surface area contributed by atoms with Crippen LogP contribution in [0.25, 0.3) is 11.3 Å². The molecule has 2 aromatic carbocycles. The molecule has 2 atom stereocenters. The summed E-state index contributed by atoms with van der Waals surface area (Å²) in [5, 5.41) is 13.2. The molecule has 3 aromatic rings.